The summed E-state index contributed by atoms with van der Waals surface area (Å²) in [6.45, 7) is -0.699. The van der Waals surface area contributed by atoms with Gasteiger partial charge in [-0.05, 0) is 24.3 Å². The van der Waals surface area contributed by atoms with Gasteiger partial charge in [-0.15, -0.1) is 0 Å². The van der Waals surface area contributed by atoms with Crippen molar-refractivity contribution in [2.75, 3.05) is 18.1 Å². The monoisotopic (exact) mass is 498 g/mol. The van der Waals surface area contributed by atoms with E-state index in [2.05, 4.69) is 9.97 Å². The van der Waals surface area contributed by atoms with Crippen molar-refractivity contribution in [3.63, 3.8) is 0 Å². The van der Waals surface area contributed by atoms with Gasteiger partial charge in [0, 0.05) is 16.9 Å². The van der Waals surface area contributed by atoms with Gasteiger partial charge in [0.05, 0.1) is 24.2 Å². The molecule has 33 heavy (non-hydrogen) atoms. The second-order valence-corrected chi connectivity index (χ2v) is 8.96. The van der Waals surface area contributed by atoms with E-state index in [1.54, 1.807) is 10.8 Å². The van der Waals surface area contributed by atoms with Crippen LogP contribution in [0.5, 0.6) is 0 Å². The summed E-state index contributed by atoms with van der Waals surface area (Å²) in [6, 6.07) is 5.46. The molecule has 1 fully saturated rings. The predicted molar refractivity (Wildman–Crippen MR) is 116 cm³/mol. The molecule has 1 aromatic carbocycles. The number of nitrogens with zero attached hydrogens (tertiary/aromatic N) is 3. The van der Waals surface area contributed by atoms with Gasteiger partial charge in [-0.2, -0.15) is 8.42 Å². The van der Waals surface area contributed by atoms with E-state index in [0.717, 1.165) is 0 Å². The maximum absolute atomic E-state index is 12.2. The number of nitrogen functional groups attached to an aromatic ring is 2. The molecule has 15 heteroatoms. The molecule has 1 aliphatic heterocycles. The summed E-state index contributed by atoms with van der Waals surface area (Å²) in [6.07, 6.45) is -2.59. The van der Waals surface area contributed by atoms with E-state index in [4.69, 9.17) is 32.0 Å². The van der Waals surface area contributed by atoms with Crippen LogP contribution in [0, 0.1) is 0 Å². The van der Waals surface area contributed by atoms with Crippen LogP contribution in [-0.4, -0.2) is 64.0 Å². The number of aromatic nitrogens is 3. The number of rotatable bonds is 6. The highest BCUT2D eigenvalue weighted by Crippen LogP contribution is 2.32. The lowest BCUT2D eigenvalue weighted by molar-refractivity contribution is -0.0468. The minimum absolute atomic E-state index is 0.0301. The van der Waals surface area contributed by atoms with E-state index in [1.165, 1.54) is 35.3 Å². The molecular formula is C18H19ClN6O7S. The summed E-state index contributed by atoms with van der Waals surface area (Å²) >= 11 is 5.76. The Bertz CT molecular complexity index is 1320. The Morgan fingerprint density at radius 3 is 2.70 bits per heavy atom. The lowest BCUT2D eigenvalue weighted by Crippen LogP contribution is -2.38. The van der Waals surface area contributed by atoms with Crippen molar-refractivity contribution in [1.29, 1.82) is 0 Å². The predicted octanol–water partition coefficient (Wildman–Crippen LogP) is -0.440. The molecule has 0 unspecified atom stereocenters. The topological polar surface area (TPSA) is 205 Å². The number of hydrogen-bond acceptors (Lipinski definition) is 11. The number of carbonyl (C=O) groups is 1. The van der Waals surface area contributed by atoms with Gasteiger partial charge in [-0.3, -0.25) is 13.5 Å². The number of fused-ring (bicyclic) bond motifs is 1. The average molecular weight is 499 g/mol. The summed E-state index contributed by atoms with van der Waals surface area (Å²) in [5, 5.41) is 21.0. The van der Waals surface area contributed by atoms with Crippen molar-refractivity contribution >= 4 is 50.4 Å². The highest BCUT2D eigenvalue weighted by atomic mass is 35.5. The van der Waals surface area contributed by atoms with Crippen LogP contribution in [0.25, 0.3) is 11.2 Å². The molecule has 0 radical (unpaired) electrons. The summed E-state index contributed by atoms with van der Waals surface area (Å²) < 4.78 is 37.8. The fourth-order valence-electron chi connectivity index (χ4n) is 3.33. The Balaban J connectivity index is 1.43. The number of halogens is 1. The zero-order chi connectivity index (χ0) is 23.9. The third-order valence-corrected chi connectivity index (χ3v) is 6.08. The largest absolute Gasteiger partial charge is 0.398 e. The van der Waals surface area contributed by atoms with Gasteiger partial charge >= 0.3 is 10.3 Å². The van der Waals surface area contributed by atoms with Crippen LogP contribution in [0.2, 0.25) is 5.02 Å². The maximum Gasteiger partial charge on any atom is 0.362 e. The van der Waals surface area contributed by atoms with E-state index < -0.39 is 47.4 Å². The first kappa shape index (κ1) is 23.2. The van der Waals surface area contributed by atoms with Gasteiger partial charge in [-0.25, -0.2) is 14.7 Å². The smallest absolute Gasteiger partial charge is 0.362 e. The molecule has 3 aromatic rings. The number of anilines is 2. The van der Waals surface area contributed by atoms with Crippen LogP contribution in [0.15, 0.2) is 36.8 Å². The second-order valence-electron chi connectivity index (χ2n) is 7.17. The minimum Gasteiger partial charge on any atom is -0.398 e. The third-order valence-electron chi connectivity index (χ3n) is 4.97. The standard InChI is InChI=1S/C18H19ClN6O7S/c19-8-1-2-9(11(21)5-8)17(28)24-33(29,30)31-6-12-14(26)15(27)18(32-12)25-7-23-13-10(20)3-4-22-16(13)25/h1-5,7,12,14-15,18,26-27H,6,21H2,(H2,20,22)(H,24,28)/t12-,14-,15-,18-/m1/s1. The number of ether oxygens (including phenoxy) is 1. The Morgan fingerprint density at radius 2 is 1.97 bits per heavy atom. The Hall–Kier alpha value is -3.01. The zero-order valence-electron chi connectivity index (χ0n) is 16.7. The second kappa shape index (κ2) is 8.74. The van der Waals surface area contributed by atoms with Gasteiger partial charge in [-0.1, -0.05) is 11.6 Å². The molecule has 0 aliphatic carbocycles. The third kappa shape index (κ3) is 4.57. The number of hydrogen-bond donors (Lipinski definition) is 5. The molecule has 1 aliphatic rings. The number of benzene rings is 1. The molecule has 3 heterocycles. The SMILES string of the molecule is Nc1cc(Cl)ccc1C(=O)NS(=O)(=O)OC[C@H]1O[C@@H](n2cnc3c(N)ccnc32)[C@H](O)[C@@H]1O. The van der Waals surface area contributed by atoms with Crippen LogP contribution < -0.4 is 16.2 Å². The molecule has 1 saturated heterocycles. The van der Waals surface area contributed by atoms with Gasteiger partial charge in [0.25, 0.3) is 5.91 Å². The van der Waals surface area contributed by atoms with Crippen molar-refractivity contribution in [3.8, 4) is 0 Å². The van der Waals surface area contributed by atoms with E-state index in [1.807, 2.05) is 0 Å². The molecule has 4 atom stereocenters. The van der Waals surface area contributed by atoms with Crippen LogP contribution in [-0.2, 0) is 19.2 Å². The summed E-state index contributed by atoms with van der Waals surface area (Å²) in [7, 11) is -4.60. The normalized spacial score (nSPS) is 23.1. The summed E-state index contributed by atoms with van der Waals surface area (Å²) in [5.41, 5.74) is 12.4. The van der Waals surface area contributed by atoms with Gasteiger partial charge in [0.15, 0.2) is 11.9 Å². The fourth-order valence-corrected chi connectivity index (χ4v) is 4.22. The van der Waals surface area contributed by atoms with E-state index >= 15 is 0 Å². The average Bonchev–Trinajstić information content (AvgIpc) is 3.29. The fraction of sp³-hybridized carbons (Fsp3) is 0.278. The Labute approximate surface area is 192 Å². The minimum atomic E-state index is -4.60. The number of pyridine rings is 1. The van der Waals surface area contributed by atoms with Gasteiger partial charge in [0.1, 0.15) is 23.8 Å². The first-order valence-corrected chi connectivity index (χ1v) is 11.2. The molecule has 0 saturated carbocycles. The van der Waals surface area contributed by atoms with Crippen LogP contribution in [0.1, 0.15) is 16.6 Å². The van der Waals surface area contributed by atoms with Crippen LogP contribution in [0.3, 0.4) is 0 Å². The Morgan fingerprint density at radius 1 is 1.21 bits per heavy atom. The number of amides is 1. The van der Waals surface area contributed by atoms with Crippen molar-refractivity contribution < 1.29 is 32.3 Å². The van der Waals surface area contributed by atoms with Gasteiger partial charge in [0.2, 0.25) is 0 Å². The lowest BCUT2D eigenvalue weighted by atomic mass is 10.1. The Kier molecular flexibility index (Phi) is 6.13. The molecule has 4 rings (SSSR count). The number of nitrogens with one attached hydrogen (secondary N) is 1. The molecule has 176 valence electrons. The van der Waals surface area contributed by atoms with Crippen molar-refractivity contribution in [3.05, 3.63) is 47.4 Å². The van der Waals surface area contributed by atoms with Crippen LogP contribution >= 0.6 is 11.6 Å². The molecule has 0 bridgehead atoms. The number of carbonyl (C=O) groups excluding carboxylic acids is 1. The molecular weight excluding hydrogens is 480 g/mol. The van der Waals surface area contributed by atoms with Crippen molar-refractivity contribution in [2.45, 2.75) is 24.5 Å². The molecule has 2 aromatic heterocycles. The summed E-state index contributed by atoms with van der Waals surface area (Å²) in [4.78, 5) is 20.5. The lowest BCUT2D eigenvalue weighted by Gasteiger charge is -2.16. The highest BCUT2D eigenvalue weighted by molar-refractivity contribution is 7.85. The molecule has 7 N–H and O–H groups in total. The van der Waals surface area contributed by atoms with E-state index in [9.17, 15) is 23.4 Å². The number of aliphatic hydroxyl groups is 2. The van der Waals surface area contributed by atoms with Gasteiger partial charge < -0.3 is 26.4 Å². The van der Waals surface area contributed by atoms with Crippen LogP contribution in [0.4, 0.5) is 11.4 Å². The molecule has 13 nitrogen and oxygen atoms in total. The molecule has 0 spiro atoms. The molecule has 1 amide bonds. The quantitative estimate of drug-likeness (QED) is 0.275. The van der Waals surface area contributed by atoms with Crippen molar-refractivity contribution in [2.24, 2.45) is 0 Å². The number of imidazole rings is 1. The first-order chi connectivity index (χ1) is 15.6. The number of nitrogens with two attached hydrogens (primary N) is 2. The van der Waals surface area contributed by atoms with E-state index in [0.29, 0.717) is 16.9 Å². The van der Waals surface area contributed by atoms with Crippen molar-refractivity contribution in [1.82, 2.24) is 19.3 Å². The zero-order valence-corrected chi connectivity index (χ0v) is 18.3. The summed E-state index contributed by atoms with van der Waals surface area (Å²) in [5.74, 6) is -1.04. The van der Waals surface area contributed by atoms with E-state index in [-0.39, 0.29) is 16.3 Å². The first-order valence-electron chi connectivity index (χ1n) is 9.42. The number of aliphatic hydroxyl groups excluding tert-OH is 2. The highest BCUT2D eigenvalue weighted by Gasteiger charge is 2.45. The maximum atomic E-state index is 12.2.